The fourth-order valence-electron chi connectivity index (χ4n) is 12.2. The molecule has 594 valence electrons. The lowest BCUT2D eigenvalue weighted by atomic mass is 10.1. The zero-order valence-corrected chi connectivity index (χ0v) is 63.9. The molecule has 0 atom stereocenters. The molecule has 0 aliphatic carbocycles. The quantitative estimate of drug-likeness (QED) is 0.0655. The zero-order chi connectivity index (χ0) is 84.3. The first-order chi connectivity index (χ1) is 58.2. The van der Waals surface area contributed by atoms with Crippen molar-refractivity contribution in [1.29, 1.82) is 0 Å². The molecule has 0 aliphatic rings. The smallest absolute Gasteiger partial charge is 0.373 e. The molecule has 31 nitrogen and oxygen atoms in total. The van der Waals surface area contributed by atoms with E-state index in [0.29, 0.717) is 105 Å². The second-order valence-corrected chi connectivity index (χ2v) is 26.0. The maximum atomic E-state index is 12.3. The van der Waals surface area contributed by atoms with Crippen LogP contribution in [-0.2, 0) is 19.2 Å². The maximum Gasteiger partial charge on any atom is 0.373 e. The van der Waals surface area contributed by atoms with E-state index >= 15 is 0 Å². The van der Waals surface area contributed by atoms with Gasteiger partial charge < -0.3 is 75.9 Å². The number of oxazole rings is 5. The van der Waals surface area contributed by atoms with Crippen molar-refractivity contribution in [3.8, 4) is 57.3 Å². The summed E-state index contributed by atoms with van der Waals surface area (Å²) in [6.45, 7) is 0. The molecule has 0 radical (unpaired) electrons. The van der Waals surface area contributed by atoms with Gasteiger partial charge in [0, 0.05) is 126 Å². The second kappa shape index (κ2) is 35.2. The van der Waals surface area contributed by atoms with Gasteiger partial charge in [-0.2, -0.15) is 19.2 Å². The number of benzene rings is 10. The molecule has 0 amide bonds. The Bertz CT molecular complexity index is 7190. The van der Waals surface area contributed by atoms with Gasteiger partial charge in [-0.05, 0) is 164 Å². The first-order valence-electron chi connectivity index (χ1n) is 35.8. The number of para-hydroxylation sites is 6. The molecule has 6 N–H and O–H groups in total. The van der Waals surface area contributed by atoms with Crippen molar-refractivity contribution < 1.29 is 73.3 Å². The third-order valence-corrected chi connectivity index (χ3v) is 18.4. The molecule has 10 heterocycles. The fourth-order valence-corrected chi connectivity index (χ4v) is 12.4. The lowest BCUT2D eigenvalue weighted by Gasteiger charge is -2.02. The minimum Gasteiger partial charge on any atom is -0.478 e. The van der Waals surface area contributed by atoms with E-state index < -0.39 is 34.1 Å². The highest BCUT2D eigenvalue weighted by Gasteiger charge is 2.22. The van der Waals surface area contributed by atoms with Crippen LogP contribution < -0.4 is 54.7 Å². The molecular formula is C88H59ClN10O21. The van der Waals surface area contributed by atoms with Crippen LogP contribution in [0.25, 0.3) is 168 Å². The molecule has 32 heteroatoms. The molecule has 0 spiro atoms. The first-order valence-corrected chi connectivity index (χ1v) is 36.2. The van der Waals surface area contributed by atoms with Crippen molar-refractivity contribution in [3.05, 3.63) is 293 Å². The fraction of sp³-hybridized carbons (Fsp3) is 0.0568. The third kappa shape index (κ3) is 17.4. The minimum atomic E-state index is -1.06. The molecule has 120 heavy (non-hydrogen) atoms. The first kappa shape index (κ1) is 79.8. The van der Waals surface area contributed by atoms with Crippen molar-refractivity contribution >= 4 is 169 Å². The highest BCUT2D eigenvalue weighted by atomic mass is 35.5. The highest BCUT2D eigenvalue weighted by Crippen LogP contribution is 2.33. The molecule has 0 saturated carbocycles. The number of carboxylic acids is 1. The van der Waals surface area contributed by atoms with E-state index in [1.165, 1.54) is 18.2 Å². The SMILES string of the molecule is CNc1ccc2cc(-c3nc4cc(C(=O)O)ccc4o3)c(=O)oc2c1.CNc1ccc2cc(-c3nc4cc(Cl)ccc4o3)c(=O)oc2c1.CNc1ccc2cc(-c3nc4ccccc4o3)c(=O)oc2c1.CNc1ccc2cc(-c3nc4ccccc4o3)c(=O)oc2c1.CNc1ccc2cc(-c3nc4ccccc4o3)c(=O)oc2c1.O=C=O.O=C=O. The van der Waals surface area contributed by atoms with Crippen LogP contribution in [0, 0.1) is 0 Å². The van der Waals surface area contributed by atoms with E-state index in [2.05, 4.69) is 51.5 Å². The molecule has 0 unspecified atom stereocenters. The summed E-state index contributed by atoms with van der Waals surface area (Å²) in [7, 11) is 9.01. The van der Waals surface area contributed by atoms with Gasteiger partial charge in [0.15, 0.2) is 27.9 Å². The Morgan fingerprint density at radius 1 is 0.283 bits per heavy atom. The predicted octanol–water partition coefficient (Wildman–Crippen LogP) is 17.4. The number of halogens is 1. The van der Waals surface area contributed by atoms with Gasteiger partial charge in [0.05, 0.1) is 5.56 Å². The lowest BCUT2D eigenvalue weighted by molar-refractivity contribution is -0.193. The van der Waals surface area contributed by atoms with E-state index in [4.69, 9.17) is 80.1 Å². The van der Waals surface area contributed by atoms with Gasteiger partial charge >= 0.3 is 46.4 Å². The molecule has 0 fully saturated rings. The summed E-state index contributed by atoms with van der Waals surface area (Å²) in [5.41, 5.74) is 11.9. The highest BCUT2D eigenvalue weighted by molar-refractivity contribution is 6.31. The topological polar surface area (TPSA) is 447 Å². The molecule has 20 aromatic rings. The van der Waals surface area contributed by atoms with E-state index in [1.54, 1.807) is 93.0 Å². The van der Waals surface area contributed by atoms with E-state index in [9.17, 15) is 28.8 Å². The van der Waals surface area contributed by atoms with Crippen LogP contribution in [0.3, 0.4) is 0 Å². The van der Waals surface area contributed by atoms with Gasteiger partial charge in [0.2, 0.25) is 29.5 Å². The summed E-state index contributed by atoms with van der Waals surface area (Å²) < 4.78 is 55.1. The van der Waals surface area contributed by atoms with Crippen LogP contribution in [0.15, 0.2) is 299 Å². The monoisotopic (exact) mass is 1630 g/mol. The lowest BCUT2D eigenvalue weighted by Crippen LogP contribution is -2.03. The van der Waals surface area contributed by atoms with Gasteiger partial charge in [-0.1, -0.05) is 48.0 Å². The number of fused-ring (bicyclic) bond motifs is 10. The molecular weight excluding hydrogens is 1570 g/mol. The average Bonchev–Trinajstić information content (AvgIpc) is 1.19. The summed E-state index contributed by atoms with van der Waals surface area (Å²) >= 11 is 5.94. The van der Waals surface area contributed by atoms with Crippen LogP contribution in [0.1, 0.15) is 10.4 Å². The number of carbonyl (C=O) groups excluding carboxylic acids is 4. The molecule has 10 aromatic heterocycles. The number of aromatic carboxylic acids is 1. The number of nitrogens with zero attached hydrogens (tertiary/aromatic N) is 5. The Kier molecular flexibility index (Phi) is 23.4. The van der Waals surface area contributed by atoms with Crippen LogP contribution in [-0.4, -0.2) is 83.5 Å². The Labute approximate surface area is 675 Å². The average molecular weight is 1630 g/mol. The number of carboxylic acid groups (broad SMARTS) is 1. The van der Waals surface area contributed by atoms with Crippen LogP contribution in [0.5, 0.6) is 0 Å². The van der Waals surface area contributed by atoms with Crippen molar-refractivity contribution in [2.75, 3.05) is 61.8 Å². The largest absolute Gasteiger partial charge is 0.478 e. The van der Waals surface area contributed by atoms with Crippen molar-refractivity contribution in [2.45, 2.75) is 0 Å². The number of carbonyl (C=O) groups is 1. The summed E-state index contributed by atoms with van der Waals surface area (Å²) in [6, 6.07) is 67.9. The van der Waals surface area contributed by atoms with E-state index in [-0.39, 0.29) is 58.4 Å². The number of anilines is 5. The van der Waals surface area contributed by atoms with Crippen molar-refractivity contribution in [2.24, 2.45) is 0 Å². The Hall–Kier alpha value is -16.9. The Morgan fingerprint density at radius 2 is 0.517 bits per heavy atom. The molecule has 20 rings (SSSR count). The van der Waals surface area contributed by atoms with E-state index in [0.717, 1.165) is 55.4 Å². The molecule has 0 aliphatic heterocycles. The van der Waals surface area contributed by atoms with Crippen LogP contribution in [0.4, 0.5) is 28.4 Å². The second-order valence-electron chi connectivity index (χ2n) is 25.5. The summed E-state index contributed by atoms with van der Waals surface area (Å²) in [6.07, 6.45) is 0.500. The number of rotatable bonds is 11. The predicted molar refractivity (Wildman–Crippen MR) is 447 cm³/mol. The molecule has 0 saturated heterocycles. The standard InChI is InChI=1S/C18H12N2O5.C17H11ClN2O3.3C17H12N2O3.2CO2/c1-19-11-4-2-9-6-12(18(23)25-15(9)8-11)16-20-13-7-10(17(21)22)3-5-14(13)24-16;1-19-11-4-2-9-6-12(17(21)23-15(9)8-11)16-20-13-7-10(18)3-5-14(13)22-16;3*1-18-11-7-6-10-8-12(17(20)22-15(10)9-11)16-19-13-4-2-3-5-14(13)21-16;2*2-1-3/h2-8,19H,1H3,(H,21,22);2-8,19H,1H3;3*2-9,18H,1H3;;. The van der Waals surface area contributed by atoms with Gasteiger partial charge in [0.1, 0.15) is 83.3 Å². The zero-order valence-electron chi connectivity index (χ0n) is 63.2. The van der Waals surface area contributed by atoms with E-state index in [1.807, 2.05) is 155 Å². The summed E-state index contributed by atoms with van der Waals surface area (Å²) in [5.74, 6) is 0.0668. The number of hydrogen-bond donors (Lipinski definition) is 6. The maximum absolute atomic E-state index is 12.3. The number of nitrogens with one attached hydrogen (secondary N) is 5. The van der Waals surface area contributed by atoms with Crippen molar-refractivity contribution in [1.82, 2.24) is 24.9 Å². The summed E-state index contributed by atoms with van der Waals surface area (Å²) in [4.78, 5) is 126. The van der Waals surface area contributed by atoms with Gasteiger partial charge in [-0.25, -0.2) is 53.7 Å². The third-order valence-electron chi connectivity index (χ3n) is 18.1. The molecule has 10 aromatic carbocycles. The number of aromatic nitrogens is 5. The van der Waals surface area contributed by atoms with Crippen LogP contribution in [0.2, 0.25) is 5.02 Å². The minimum absolute atomic E-state index is 0.0888. The van der Waals surface area contributed by atoms with Crippen LogP contribution >= 0.6 is 11.6 Å². The Balaban J connectivity index is 0.000000121. The van der Waals surface area contributed by atoms with Gasteiger partial charge in [-0.3, -0.25) is 0 Å². The summed E-state index contributed by atoms with van der Waals surface area (Å²) in [5, 5.41) is 28.6. The van der Waals surface area contributed by atoms with Crippen molar-refractivity contribution in [3.63, 3.8) is 0 Å². The normalized spacial score (nSPS) is 10.7. The Morgan fingerprint density at radius 3 is 0.767 bits per heavy atom. The number of hydrogen-bond acceptors (Lipinski definition) is 30. The molecule has 0 bridgehead atoms. The van der Waals surface area contributed by atoms with Gasteiger partial charge in [0.25, 0.3) is 0 Å². The van der Waals surface area contributed by atoms with Gasteiger partial charge in [-0.15, -0.1) is 0 Å².